The lowest BCUT2D eigenvalue weighted by Gasteiger charge is -2.32. The van der Waals surface area contributed by atoms with Gasteiger partial charge in [-0.1, -0.05) is 30.0 Å². The normalized spacial score (nSPS) is 18.0. The van der Waals surface area contributed by atoms with Crippen LogP contribution in [-0.4, -0.2) is 54.2 Å². The molecule has 1 unspecified atom stereocenters. The Labute approximate surface area is 181 Å². The quantitative estimate of drug-likeness (QED) is 0.444. The molecule has 7 nitrogen and oxygen atoms in total. The zero-order valence-corrected chi connectivity index (χ0v) is 18.5. The molecule has 4 rings (SSSR count). The van der Waals surface area contributed by atoms with Gasteiger partial charge in [0, 0.05) is 49.2 Å². The summed E-state index contributed by atoms with van der Waals surface area (Å²) in [5.41, 5.74) is 1.59. The number of hydrogen-bond acceptors (Lipinski definition) is 7. The molecule has 0 saturated carbocycles. The monoisotopic (exact) mass is 443 g/mol. The molecule has 0 aliphatic carbocycles. The third-order valence-corrected chi connectivity index (χ3v) is 7.35. The van der Waals surface area contributed by atoms with E-state index in [4.69, 9.17) is 0 Å². The van der Waals surface area contributed by atoms with E-state index in [2.05, 4.69) is 24.6 Å². The number of hydrogen-bond donors (Lipinski definition) is 1. The Morgan fingerprint density at radius 1 is 1.17 bits per heavy atom. The van der Waals surface area contributed by atoms with Crippen molar-refractivity contribution in [1.29, 1.82) is 0 Å². The van der Waals surface area contributed by atoms with Gasteiger partial charge in [-0.2, -0.15) is 0 Å². The number of thioether (sulfide) groups is 1. The number of nitrogens with one attached hydrogen (secondary N) is 1. The van der Waals surface area contributed by atoms with Crippen molar-refractivity contribution in [2.75, 3.05) is 25.9 Å². The number of benzene rings is 1. The Kier molecular flexibility index (Phi) is 6.62. The van der Waals surface area contributed by atoms with Crippen LogP contribution < -0.4 is 4.72 Å². The zero-order chi connectivity index (χ0) is 21.0. The van der Waals surface area contributed by atoms with Gasteiger partial charge >= 0.3 is 0 Å². The van der Waals surface area contributed by atoms with E-state index in [1.807, 2.05) is 36.8 Å². The summed E-state index contributed by atoms with van der Waals surface area (Å²) in [5.74, 6) is 0.267. The highest BCUT2D eigenvalue weighted by Gasteiger charge is 2.24. The van der Waals surface area contributed by atoms with Crippen LogP contribution in [0.25, 0.3) is 10.9 Å². The average Bonchev–Trinajstić information content (AvgIpc) is 2.78. The number of pyridine rings is 1. The molecular weight excluding hydrogens is 418 g/mol. The topological polar surface area (TPSA) is 88.1 Å². The molecule has 158 valence electrons. The summed E-state index contributed by atoms with van der Waals surface area (Å²) in [7, 11) is -3.62. The minimum atomic E-state index is -3.62. The fraction of sp³-hybridized carbons (Fsp3) is 0.381. The highest BCUT2D eigenvalue weighted by atomic mass is 32.2. The number of fused-ring (bicyclic) bond motifs is 1. The minimum absolute atomic E-state index is 0.235. The SMILES string of the molecule is CSc1ncc(CN2CCCC(CNS(=O)(=O)c3cccc4cccnc34)C2)cn1. The minimum Gasteiger partial charge on any atom is -0.299 e. The number of para-hydroxylation sites is 1. The summed E-state index contributed by atoms with van der Waals surface area (Å²) in [6, 6.07) is 8.92. The third kappa shape index (κ3) is 4.97. The number of aromatic nitrogens is 3. The summed E-state index contributed by atoms with van der Waals surface area (Å²) in [6.07, 6.45) is 9.38. The molecule has 1 atom stereocenters. The van der Waals surface area contributed by atoms with Crippen LogP contribution in [0.1, 0.15) is 18.4 Å². The van der Waals surface area contributed by atoms with Crippen molar-refractivity contribution in [2.45, 2.75) is 29.4 Å². The van der Waals surface area contributed by atoms with Crippen molar-refractivity contribution >= 4 is 32.7 Å². The maximum Gasteiger partial charge on any atom is 0.242 e. The van der Waals surface area contributed by atoms with Crippen LogP contribution in [0.4, 0.5) is 0 Å². The predicted octanol–water partition coefficient (Wildman–Crippen LogP) is 2.94. The highest BCUT2D eigenvalue weighted by molar-refractivity contribution is 7.98. The molecule has 2 aromatic heterocycles. The van der Waals surface area contributed by atoms with E-state index < -0.39 is 10.0 Å². The van der Waals surface area contributed by atoms with Gasteiger partial charge in [-0.15, -0.1) is 0 Å². The van der Waals surface area contributed by atoms with Crippen LogP contribution in [-0.2, 0) is 16.6 Å². The van der Waals surface area contributed by atoms with Crippen molar-refractivity contribution in [3.05, 3.63) is 54.5 Å². The van der Waals surface area contributed by atoms with Gasteiger partial charge in [0.1, 0.15) is 4.90 Å². The molecule has 0 radical (unpaired) electrons. The van der Waals surface area contributed by atoms with Crippen LogP contribution in [0.3, 0.4) is 0 Å². The zero-order valence-electron chi connectivity index (χ0n) is 16.9. The van der Waals surface area contributed by atoms with Gasteiger partial charge in [-0.3, -0.25) is 9.88 Å². The fourth-order valence-electron chi connectivity index (χ4n) is 3.85. The smallest absolute Gasteiger partial charge is 0.242 e. The first kappa shape index (κ1) is 21.2. The first-order chi connectivity index (χ1) is 14.5. The van der Waals surface area contributed by atoms with Crippen molar-refractivity contribution < 1.29 is 8.42 Å². The molecular formula is C21H25N5O2S2. The summed E-state index contributed by atoms with van der Waals surface area (Å²) in [4.78, 5) is 15.5. The molecule has 9 heteroatoms. The molecule has 30 heavy (non-hydrogen) atoms. The molecule has 1 fully saturated rings. The van der Waals surface area contributed by atoms with Crippen LogP contribution in [0.2, 0.25) is 0 Å². The number of likely N-dealkylation sites (tertiary alicyclic amines) is 1. The van der Waals surface area contributed by atoms with E-state index >= 15 is 0 Å². The molecule has 0 amide bonds. The lowest BCUT2D eigenvalue weighted by molar-refractivity contribution is 0.168. The Balaban J connectivity index is 1.39. The fourth-order valence-corrected chi connectivity index (χ4v) is 5.46. The number of sulfonamides is 1. The number of nitrogens with zero attached hydrogens (tertiary/aromatic N) is 4. The van der Waals surface area contributed by atoms with Crippen LogP contribution in [0, 0.1) is 5.92 Å². The van der Waals surface area contributed by atoms with Gasteiger partial charge in [-0.05, 0) is 43.7 Å². The predicted molar refractivity (Wildman–Crippen MR) is 119 cm³/mol. The average molecular weight is 444 g/mol. The molecule has 1 saturated heterocycles. The van der Waals surface area contributed by atoms with E-state index in [1.165, 1.54) is 11.8 Å². The summed E-state index contributed by atoms with van der Waals surface area (Å²) >= 11 is 1.53. The second-order valence-corrected chi connectivity index (χ2v) is 10.0. The number of piperidine rings is 1. The molecule has 3 aromatic rings. The highest BCUT2D eigenvalue weighted by Crippen LogP contribution is 2.22. The van der Waals surface area contributed by atoms with Crippen molar-refractivity contribution in [2.24, 2.45) is 5.92 Å². The first-order valence-corrected chi connectivity index (χ1v) is 12.7. The second kappa shape index (κ2) is 9.38. The number of rotatable bonds is 7. The van der Waals surface area contributed by atoms with Crippen LogP contribution in [0.15, 0.2) is 59.0 Å². The standard InChI is InChI=1S/C21H25N5O2S2/c1-29-21-23-11-17(12-24-21)15-26-10-4-5-16(14-26)13-25-30(27,28)19-8-2-6-18-7-3-9-22-20(18)19/h2-3,6-9,11-12,16,25H,4-5,10,13-15H2,1H3. The lowest BCUT2D eigenvalue weighted by atomic mass is 9.98. The van der Waals surface area contributed by atoms with Gasteiger partial charge < -0.3 is 0 Å². The Morgan fingerprint density at radius 3 is 2.77 bits per heavy atom. The van der Waals surface area contributed by atoms with E-state index in [0.29, 0.717) is 12.1 Å². The van der Waals surface area contributed by atoms with Gasteiger partial charge in [0.25, 0.3) is 0 Å². The van der Waals surface area contributed by atoms with Crippen molar-refractivity contribution in [3.8, 4) is 0 Å². The maximum atomic E-state index is 12.9. The largest absolute Gasteiger partial charge is 0.299 e. The molecule has 1 aliphatic heterocycles. The van der Waals surface area contributed by atoms with Gasteiger partial charge in [0.15, 0.2) is 5.16 Å². The summed E-state index contributed by atoms with van der Waals surface area (Å²) < 4.78 is 28.7. The molecule has 0 spiro atoms. The Bertz CT molecular complexity index is 1100. The van der Waals surface area contributed by atoms with E-state index in [0.717, 1.165) is 48.6 Å². The van der Waals surface area contributed by atoms with Gasteiger partial charge in [0.2, 0.25) is 10.0 Å². The molecule has 3 heterocycles. The molecule has 1 aromatic carbocycles. The maximum absolute atomic E-state index is 12.9. The van der Waals surface area contributed by atoms with Crippen molar-refractivity contribution in [1.82, 2.24) is 24.6 Å². The Morgan fingerprint density at radius 2 is 1.97 bits per heavy atom. The van der Waals surface area contributed by atoms with Crippen LogP contribution >= 0.6 is 11.8 Å². The summed E-state index contributed by atoms with van der Waals surface area (Å²) in [6.45, 7) is 3.05. The molecule has 1 N–H and O–H groups in total. The first-order valence-electron chi connectivity index (χ1n) is 9.96. The Hall–Kier alpha value is -2.07. The molecule has 0 bridgehead atoms. The lowest BCUT2D eigenvalue weighted by Crippen LogP contribution is -2.40. The van der Waals surface area contributed by atoms with Crippen molar-refractivity contribution in [3.63, 3.8) is 0 Å². The second-order valence-electron chi connectivity index (χ2n) is 7.50. The molecule has 1 aliphatic rings. The van der Waals surface area contributed by atoms with Gasteiger partial charge in [0.05, 0.1) is 5.52 Å². The van der Waals surface area contributed by atoms with Crippen LogP contribution in [0.5, 0.6) is 0 Å². The summed E-state index contributed by atoms with van der Waals surface area (Å²) in [5, 5.41) is 1.59. The third-order valence-electron chi connectivity index (χ3n) is 5.32. The van der Waals surface area contributed by atoms with E-state index in [1.54, 1.807) is 18.3 Å². The van der Waals surface area contributed by atoms with Gasteiger partial charge in [-0.25, -0.2) is 23.1 Å². The van der Waals surface area contributed by atoms with E-state index in [-0.39, 0.29) is 10.8 Å². The van der Waals surface area contributed by atoms with E-state index in [9.17, 15) is 8.42 Å².